The molecule has 0 unspecified atom stereocenters. The summed E-state index contributed by atoms with van der Waals surface area (Å²) in [6.07, 6.45) is 0. The first-order chi connectivity index (χ1) is 15.6. The van der Waals surface area contributed by atoms with E-state index < -0.39 is 0 Å². The summed E-state index contributed by atoms with van der Waals surface area (Å²) in [5, 5.41) is 3.85. The van der Waals surface area contributed by atoms with Gasteiger partial charge in [0.1, 0.15) is 0 Å². The predicted octanol–water partition coefficient (Wildman–Crippen LogP) is 4.52. The lowest BCUT2D eigenvalue weighted by molar-refractivity contribution is 0.0996. The first kappa shape index (κ1) is 19.8. The number of benzene rings is 3. The summed E-state index contributed by atoms with van der Waals surface area (Å²) in [5.41, 5.74) is 4.95. The Bertz CT molecular complexity index is 1350. The average molecular weight is 426 g/mol. The zero-order valence-electron chi connectivity index (χ0n) is 18.0. The fourth-order valence-electron chi connectivity index (χ4n) is 4.07. The Morgan fingerprint density at radius 1 is 0.938 bits per heavy atom. The van der Waals surface area contributed by atoms with Gasteiger partial charge in [0, 0.05) is 35.3 Å². The largest absolute Gasteiger partial charge is 0.493 e. The van der Waals surface area contributed by atoms with Crippen LogP contribution in [-0.4, -0.2) is 37.1 Å². The molecule has 0 saturated heterocycles. The molecular formula is C25H22N4O3. The maximum Gasteiger partial charge on any atom is 0.258 e. The summed E-state index contributed by atoms with van der Waals surface area (Å²) < 4.78 is 10.9. The van der Waals surface area contributed by atoms with Crippen LogP contribution in [0.15, 0.2) is 60.7 Å². The lowest BCUT2D eigenvalue weighted by Gasteiger charge is -2.17. The zero-order chi connectivity index (χ0) is 22.2. The lowest BCUT2D eigenvalue weighted by Crippen LogP contribution is -2.22. The molecule has 3 aromatic carbocycles. The van der Waals surface area contributed by atoms with Crippen LogP contribution in [0.4, 0.5) is 11.6 Å². The summed E-state index contributed by atoms with van der Waals surface area (Å²) in [6.45, 7) is 0.551. The van der Waals surface area contributed by atoms with Crippen LogP contribution in [0.2, 0.25) is 0 Å². The lowest BCUT2D eigenvalue weighted by atomic mass is 10.0. The van der Waals surface area contributed by atoms with Crippen molar-refractivity contribution in [1.29, 1.82) is 0 Å². The van der Waals surface area contributed by atoms with Crippen LogP contribution in [0.5, 0.6) is 11.5 Å². The number of carbonyl (C=O) groups is 1. The summed E-state index contributed by atoms with van der Waals surface area (Å²) in [4.78, 5) is 24.1. The van der Waals surface area contributed by atoms with E-state index in [-0.39, 0.29) is 5.91 Å². The number of ether oxygens (including phenoxy) is 2. The normalized spacial score (nSPS) is 12.7. The van der Waals surface area contributed by atoms with Crippen molar-refractivity contribution in [2.24, 2.45) is 0 Å². The van der Waals surface area contributed by atoms with Crippen molar-refractivity contribution in [2.75, 3.05) is 31.5 Å². The molecule has 2 heterocycles. The molecule has 4 aromatic rings. The molecule has 5 rings (SSSR count). The fraction of sp³-hybridized carbons (Fsp3) is 0.160. The van der Waals surface area contributed by atoms with Crippen molar-refractivity contribution >= 4 is 28.4 Å². The summed E-state index contributed by atoms with van der Waals surface area (Å²) in [7, 11) is 4.98. The van der Waals surface area contributed by atoms with Gasteiger partial charge in [-0.15, -0.1) is 0 Å². The number of aromatic nitrogens is 2. The molecular weight excluding hydrogens is 404 g/mol. The van der Waals surface area contributed by atoms with Crippen molar-refractivity contribution in [2.45, 2.75) is 6.54 Å². The quantitative estimate of drug-likeness (QED) is 0.506. The second-order valence-corrected chi connectivity index (χ2v) is 7.47. The van der Waals surface area contributed by atoms with Crippen molar-refractivity contribution in [3.05, 3.63) is 71.8 Å². The first-order valence-electron chi connectivity index (χ1n) is 10.2. The molecule has 1 aliphatic rings. The molecule has 1 N–H and O–H groups in total. The smallest absolute Gasteiger partial charge is 0.258 e. The predicted molar refractivity (Wildman–Crippen MR) is 125 cm³/mol. The number of methoxy groups -OCH3 is 2. The number of anilines is 2. The Morgan fingerprint density at radius 3 is 2.47 bits per heavy atom. The van der Waals surface area contributed by atoms with Crippen LogP contribution in [0.3, 0.4) is 0 Å². The van der Waals surface area contributed by atoms with Crippen LogP contribution >= 0.6 is 0 Å². The topological polar surface area (TPSA) is 76.6 Å². The molecule has 0 fully saturated rings. The number of nitrogens with one attached hydrogen (secondary N) is 1. The average Bonchev–Trinajstić information content (AvgIpc) is 3.19. The second kappa shape index (κ2) is 7.85. The third-order valence-corrected chi connectivity index (χ3v) is 5.68. The van der Waals surface area contributed by atoms with E-state index in [0.29, 0.717) is 24.0 Å². The highest BCUT2D eigenvalue weighted by Crippen LogP contribution is 2.37. The van der Waals surface area contributed by atoms with Gasteiger partial charge in [0.05, 0.1) is 32.0 Å². The highest BCUT2D eigenvalue weighted by atomic mass is 16.5. The highest BCUT2D eigenvalue weighted by Gasteiger charge is 2.28. The third-order valence-electron chi connectivity index (χ3n) is 5.68. The fourth-order valence-corrected chi connectivity index (χ4v) is 4.07. The summed E-state index contributed by atoms with van der Waals surface area (Å²) >= 11 is 0. The minimum Gasteiger partial charge on any atom is -0.493 e. The van der Waals surface area contributed by atoms with Gasteiger partial charge in [0.15, 0.2) is 11.5 Å². The van der Waals surface area contributed by atoms with Gasteiger partial charge in [0.2, 0.25) is 5.95 Å². The van der Waals surface area contributed by atoms with Gasteiger partial charge in [-0.05, 0) is 29.8 Å². The molecule has 1 aromatic heterocycles. The Hall–Kier alpha value is -4.13. The van der Waals surface area contributed by atoms with E-state index in [0.717, 1.165) is 39.0 Å². The molecule has 0 aliphatic carbocycles. The maximum absolute atomic E-state index is 13.0. The van der Waals surface area contributed by atoms with Crippen LogP contribution in [0.25, 0.3) is 22.2 Å². The summed E-state index contributed by atoms with van der Waals surface area (Å²) in [6, 6.07) is 19.3. The molecule has 0 spiro atoms. The Labute approximate surface area is 185 Å². The molecule has 0 bridgehead atoms. The molecule has 0 atom stereocenters. The van der Waals surface area contributed by atoms with Crippen LogP contribution < -0.4 is 19.7 Å². The van der Waals surface area contributed by atoms with Gasteiger partial charge in [-0.2, -0.15) is 0 Å². The van der Waals surface area contributed by atoms with Crippen molar-refractivity contribution < 1.29 is 14.3 Å². The van der Waals surface area contributed by atoms with Gasteiger partial charge in [0.25, 0.3) is 5.91 Å². The standard InChI is InChI=1S/C25H22N4O3/c1-26-25-27-20-13-22(32-3)21(31-2)12-19(20)23(28-25)15-8-6-9-17(11-15)29-14-16-7-4-5-10-18(16)24(29)30/h4-13H,14H2,1-3H3,(H,26,27,28). The second-order valence-electron chi connectivity index (χ2n) is 7.47. The number of hydrogen-bond donors (Lipinski definition) is 1. The van der Waals surface area contributed by atoms with Crippen molar-refractivity contribution in [1.82, 2.24) is 9.97 Å². The van der Waals surface area contributed by atoms with Crippen LogP contribution in [0, 0.1) is 0 Å². The minimum atomic E-state index is 0.00705. The van der Waals surface area contributed by atoms with Crippen LogP contribution in [0.1, 0.15) is 15.9 Å². The molecule has 1 aliphatic heterocycles. The van der Waals surface area contributed by atoms with Gasteiger partial charge < -0.3 is 19.7 Å². The number of nitrogens with zero attached hydrogens (tertiary/aromatic N) is 3. The van der Waals surface area contributed by atoms with Crippen LogP contribution in [-0.2, 0) is 6.54 Å². The first-order valence-corrected chi connectivity index (χ1v) is 10.2. The molecule has 32 heavy (non-hydrogen) atoms. The molecule has 0 radical (unpaired) electrons. The van der Waals surface area contributed by atoms with E-state index in [1.165, 1.54) is 0 Å². The Balaban J connectivity index is 1.64. The van der Waals surface area contributed by atoms with Crippen molar-refractivity contribution in [3.63, 3.8) is 0 Å². The Kier molecular flexibility index (Phi) is 4.86. The van der Waals surface area contributed by atoms with Gasteiger partial charge in [-0.1, -0.05) is 30.3 Å². The van der Waals surface area contributed by atoms with Crippen molar-refractivity contribution in [3.8, 4) is 22.8 Å². The number of amides is 1. The molecule has 1 amide bonds. The maximum atomic E-state index is 13.0. The number of rotatable bonds is 5. The van der Waals surface area contributed by atoms with E-state index in [1.54, 1.807) is 26.2 Å². The van der Waals surface area contributed by atoms with E-state index in [4.69, 9.17) is 14.5 Å². The summed E-state index contributed by atoms with van der Waals surface area (Å²) in [5.74, 6) is 1.70. The monoisotopic (exact) mass is 426 g/mol. The van der Waals surface area contributed by atoms with Gasteiger partial charge >= 0.3 is 0 Å². The minimum absolute atomic E-state index is 0.00705. The Morgan fingerprint density at radius 2 is 1.72 bits per heavy atom. The molecule has 0 saturated carbocycles. The van der Waals surface area contributed by atoms with E-state index in [9.17, 15) is 4.79 Å². The zero-order valence-corrected chi connectivity index (χ0v) is 18.0. The molecule has 7 nitrogen and oxygen atoms in total. The number of hydrogen-bond acceptors (Lipinski definition) is 6. The van der Waals surface area contributed by atoms with Gasteiger partial charge in [-0.3, -0.25) is 4.79 Å². The van der Waals surface area contributed by atoms with Gasteiger partial charge in [-0.25, -0.2) is 9.97 Å². The third kappa shape index (κ3) is 3.19. The number of fused-ring (bicyclic) bond motifs is 2. The molecule has 7 heteroatoms. The van der Waals surface area contributed by atoms with E-state index >= 15 is 0 Å². The highest BCUT2D eigenvalue weighted by molar-refractivity contribution is 6.10. The number of carbonyl (C=O) groups excluding carboxylic acids is 1. The van der Waals surface area contributed by atoms with E-state index in [2.05, 4.69) is 10.3 Å². The molecule has 160 valence electrons. The SMILES string of the molecule is CNc1nc(-c2cccc(N3Cc4ccccc4C3=O)c2)c2cc(OC)c(OC)cc2n1. The van der Waals surface area contributed by atoms with E-state index in [1.807, 2.05) is 60.7 Å².